The van der Waals surface area contributed by atoms with E-state index in [1.54, 1.807) is 12.3 Å². The standard InChI is InChI=1S/C18H25N3O4/c22-17(16-1-5-19-13-20-16)21-6-4-18(12-21)9-15(11-25-18)24-10-14-2-7-23-8-3-14/h1,5,13-15H,2-4,6-12H2/t15-,18-/m1/s1. The fraction of sp³-hybridized carbons (Fsp3) is 0.722. The summed E-state index contributed by atoms with van der Waals surface area (Å²) < 4.78 is 17.6. The van der Waals surface area contributed by atoms with Crippen LogP contribution in [0, 0.1) is 5.92 Å². The zero-order valence-electron chi connectivity index (χ0n) is 14.4. The van der Waals surface area contributed by atoms with Crippen molar-refractivity contribution < 1.29 is 19.0 Å². The maximum Gasteiger partial charge on any atom is 0.272 e. The minimum atomic E-state index is -0.247. The highest BCUT2D eigenvalue weighted by Crippen LogP contribution is 2.37. The zero-order valence-corrected chi connectivity index (χ0v) is 14.4. The van der Waals surface area contributed by atoms with Gasteiger partial charge in [-0.2, -0.15) is 0 Å². The number of aromatic nitrogens is 2. The molecule has 4 heterocycles. The SMILES string of the molecule is O=C(c1ccncn1)N1CC[C@@]2(C[C@@H](OCC3CCOCC3)CO2)C1. The normalized spacial score (nSPS) is 30.2. The van der Waals surface area contributed by atoms with Crippen LogP contribution in [-0.2, 0) is 14.2 Å². The maximum atomic E-state index is 12.5. The van der Waals surface area contributed by atoms with Crippen LogP contribution in [-0.4, -0.2) is 72.0 Å². The Morgan fingerprint density at radius 2 is 2.28 bits per heavy atom. The maximum absolute atomic E-state index is 12.5. The second-order valence-electron chi connectivity index (χ2n) is 7.28. The molecule has 0 aromatic carbocycles. The third-order valence-electron chi connectivity index (χ3n) is 5.49. The summed E-state index contributed by atoms with van der Waals surface area (Å²) in [5.41, 5.74) is 0.195. The molecular formula is C18H25N3O4. The summed E-state index contributed by atoms with van der Waals surface area (Å²) in [6.45, 7) is 4.43. The Bertz CT molecular complexity index is 593. The van der Waals surface area contributed by atoms with Crippen molar-refractivity contribution in [1.29, 1.82) is 0 Å². The van der Waals surface area contributed by atoms with Crippen LogP contribution in [0.2, 0.25) is 0 Å². The van der Waals surface area contributed by atoms with Gasteiger partial charge in [0.25, 0.3) is 5.91 Å². The van der Waals surface area contributed by atoms with Crippen LogP contribution in [0.4, 0.5) is 0 Å². The van der Waals surface area contributed by atoms with E-state index < -0.39 is 0 Å². The predicted octanol–water partition coefficient (Wildman–Crippen LogP) is 1.29. The first-order valence-electron chi connectivity index (χ1n) is 9.13. The molecule has 3 aliphatic heterocycles. The van der Waals surface area contributed by atoms with E-state index in [2.05, 4.69) is 9.97 Å². The number of carbonyl (C=O) groups is 1. The van der Waals surface area contributed by atoms with Gasteiger partial charge in [0.1, 0.15) is 12.0 Å². The molecule has 2 atom stereocenters. The van der Waals surface area contributed by atoms with Gasteiger partial charge in [-0.25, -0.2) is 9.97 Å². The summed E-state index contributed by atoms with van der Waals surface area (Å²) in [7, 11) is 0. The monoisotopic (exact) mass is 347 g/mol. The molecule has 0 aliphatic carbocycles. The fourth-order valence-electron chi connectivity index (χ4n) is 3.98. The largest absolute Gasteiger partial charge is 0.381 e. The fourth-order valence-corrected chi connectivity index (χ4v) is 3.98. The first-order chi connectivity index (χ1) is 12.2. The molecule has 7 nitrogen and oxygen atoms in total. The van der Waals surface area contributed by atoms with E-state index >= 15 is 0 Å². The Kier molecular flexibility index (Phi) is 4.96. The van der Waals surface area contributed by atoms with Gasteiger partial charge >= 0.3 is 0 Å². The predicted molar refractivity (Wildman–Crippen MR) is 89.1 cm³/mol. The molecular weight excluding hydrogens is 322 g/mol. The molecule has 0 N–H and O–H groups in total. The second-order valence-corrected chi connectivity index (χ2v) is 7.28. The molecule has 0 bridgehead atoms. The van der Waals surface area contributed by atoms with E-state index in [0.717, 1.165) is 45.5 Å². The summed E-state index contributed by atoms with van der Waals surface area (Å²) in [5.74, 6) is 0.555. The van der Waals surface area contributed by atoms with Gasteiger partial charge in [-0.05, 0) is 31.2 Å². The lowest BCUT2D eigenvalue weighted by atomic mass is 9.98. The van der Waals surface area contributed by atoms with Gasteiger partial charge in [-0.1, -0.05) is 0 Å². The third-order valence-corrected chi connectivity index (χ3v) is 5.49. The van der Waals surface area contributed by atoms with Crippen molar-refractivity contribution >= 4 is 5.91 Å². The van der Waals surface area contributed by atoms with Gasteiger partial charge in [0.15, 0.2) is 0 Å². The zero-order chi connectivity index (χ0) is 17.1. The summed E-state index contributed by atoms with van der Waals surface area (Å²) >= 11 is 0. The second kappa shape index (κ2) is 7.35. The van der Waals surface area contributed by atoms with Gasteiger partial charge < -0.3 is 19.1 Å². The topological polar surface area (TPSA) is 73.8 Å². The summed E-state index contributed by atoms with van der Waals surface area (Å²) in [6, 6.07) is 1.66. The molecule has 1 aromatic rings. The smallest absolute Gasteiger partial charge is 0.272 e. The van der Waals surface area contributed by atoms with Gasteiger partial charge in [0.05, 0.1) is 31.5 Å². The first kappa shape index (κ1) is 16.9. The van der Waals surface area contributed by atoms with Crippen molar-refractivity contribution in [2.24, 2.45) is 5.92 Å². The highest BCUT2D eigenvalue weighted by atomic mass is 16.6. The number of amides is 1. The lowest BCUT2D eigenvalue weighted by Gasteiger charge is -2.24. The molecule has 0 saturated carbocycles. The number of hydrogen-bond acceptors (Lipinski definition) is 6. The number of likely N-dealkylation sites (tertiary alicyclic amines) is 1. The molecule has 1 spiro atoms. The van der Waals surface area contributed by atoms with Gasteiger partial charge in [0.2, 0.25) is 0 Å². The molecule has 0 unspecified atom stereocenters. The number of hydrogen-bond donors (Lipinski definition) is 0. The number of nitrogens with zero attached hydrogens (tertiary/aromatic N) is 3. The van der Waals surface area contributed by atoms with Crippen LogP contribution in [0.25, 0.3) is 0 Å². The van der Waals surface area contributed by atoms with Crippen molar-refractivity contribution in [2.75, 3.05) is 39.5 Å². The van der Waals surface area contributed by atoms with Gasteiger partial charge in [-0.15, -0.1) is 0 Å². The Hall–Kier alpha value is -1.57. The highest BCUT2D eigenvalue weighted by molar-refractivity contribution is 5.92. The van der Waals surface area contributed by atoms with Gasteiger partial charge in [-0.3, -0.25) is 4.79 Å². The number of rotatable bonds is 4. The quantitative estimate of drug-likeness (QED) is 0.817. The van der Waals surface area contributed by atoms with Crippen LogP contribution in [0.15, 0.2) is 18.6 Å². The van der Waals surface area contributed by atoms with Crippen molar-refractivity contribution in [3.05, 3.63) is 24.3 Å². The Morgan fingerprint density at radius 1 is 1.40 bits per heavy atom. The molecule has 3 fully saturated rings. The van der Waals surface area contributed by atoms with Crippen molar-refractivity contribution in [1.82, 2.24) is 14.9 Å². The lowest BCUT2D eigenvalue weighted by molar-refractivity contribution is -0.0186. The Labute approximate surface area is 147 Å². The average molecular weight is 347 g/mol. The van der Waals surface area contributed by atoms with Gasteiger partial charge in [0, 0.05) is 32.4 Å². The molecule has 136 valence electrons. The lowest BCUT2D eigenvalue weighted by Crippen LogP contribution is -2.36. The van der Waals surface area contributed by atoms with E-state index in [0.29, 0.717) is 31.3 Å². The highest BCUT2D eigenvalue weighted by Gasteiger charge is 2.47. The minimum absolute atomic E-state index is 0.0468. The van der Waals surface area contributed by atoms with E-state index in [-0.39, 0.29) is 17.6 Å². The van der Waals surface area contributed by atoms with E-state index in [1.165, 1.54) is 6.33 Å². The molecule has 0 radical (unpaired) electrons. The van der Waals surface area contributed by atoms with Crippen LogP contribution in [0.5, 0.6) is 0 Å². The molecule has 7 heteroatoms. The van der Waals surface area contributed by atoms with Crippen LogP contribution >= 0.6 is 0 Å². The Balaban J connectivity index is 1.28. The van der Waals surface area contributed by atoms with Crippen molar-refractivity contribution in [3.8, 4) is 0 Å². The number of carbonyl (C=O) groups excluding carboxylic acids is 1. The molecule has 1 aromatic heterocycles. The summed E-state index contributed by atoms with van der Waals surface area (Å²) in [5, 5.41) is 0. The molecule has 3 saturated heterocycles. The molecule has 25 heavy (non-hydrogen) atoms. The van der Waals surface area contributed by atoms with E-state index in [4.69, 9.17) is 14.2 Å². The molecule has 4 rings (SSSR count). The first-order valence-corrected chi connectivity index (χ1v) is 9.13. The van der Waals surface area contributed by atoms with Crippen LogP contribution < -0.4 is 0 Å². The molecule has 1 amide bonds. The number of ether oxygens (including phenoxy) is 3. The van der Waals surface area contributed by atoms with E-state index in [9.17, 15) is 4.79 Å². The van der Waals surface area contributed by atoms with E-state index in [1.807, 2.05) is 4.90 Å². The third kappa shape index (κ3) is 3.83. The minimum Gasteiger partial charge on any atom is -0.381 e. The summed E-state index contributed by atoms with van der Waals surface area (Å²) in [4.78, 5) is 22.3. The Morgan fingerprint density at radius 3 is 3.08 bits per heavy atom. The molecule has 3 aliphatic rings. The summed E-state index contributed by atoms with van der Waals surface area (Å²) in [6.07, 6.45) is 7.03. The van der Waals surface area contributed by atoms with Crippen molar-refractivity contribution in [3.63, 3.8) is 0 Å². The van der Waals surface area contributed by atoms with Crippen LogP contribution in [0.3, 0.4) is 0 Å². The van der Waals surface area contributed by atoms with Crippen molar-refractivity contribution in [2.45, 2.75) is 37.4 Å². The average Bonchev–Trinajstić information content (AvgIpc) is 3.28. The van der Waals surface area contributed by atoms with Crippen LogP contribution in [0.1, 0.15) is 36.2 Å².